The number of carbonyl (C=O) groups excluding carboxylic acids is 1. The summed E-state index contributed by atoms with van der Waals surface area (Å²) in [5.74, 6) is 0.307. The Hall–Kier alpha value is -1.83. The number of aromatic nitrogens is 1. The van der Waals surface area contributed by atoms with Crippen LogP contribution in [0.4, 0.5) is 0 Å². The lowest BCUT2D eigenvalue weighted by Gasteiger charge is -2.10. The molecule has 98 valence electrons. The molecule has 1 aromatic carbocycles. The first-order chi connectivity index (χ1) is 9.15. The lowest BCUT2D eigenvalue weighted by Crippen LogP contribution is -2.07. The second kappa shape index (κ2) is 4.69. The molecule has 1 aliphatic carbocycles. The first kappa shape index (κ1) is 12.2. The Balaban J connectivity index is 1.94. The van der Waals surface area contributed by atoms with Gasteiger partial charge in [-0.1, -0.05) is 18.2 Å². The van der Waals surface area contributed by atoms with Crippen LogP contribution < -0.4 is 0 Å². The molecule has 0 saturated heterocycles. The van der Waals surface area contributed by atoms with E-state index in [-0.39, 0.29) is 0 Å². The number of nitrogens with zero attached hydrogens (tertiary/aromatic N) is 1. The molecule has 0 radical (unpaired) electrons. The molecule has 0 unspecified atom stereocenters. The van der Waals surface area contributed by atoms with Crippen molar-refractivity contribution < 1.29 is 4.79 Å². The molecule has 0 spiro atoms. The summed E-state index contributed by atoms with van der Waals surface area (Å²) in [7, 11) is 0. The van der Waals surface area contributed by atoms with Crippen LogP contribution in [0.5, 0.6) is 0 Å². The van der Waals surface area contributed by atoms with E-state index in [0.717, 1.165) is 24.9 Å². The predicted molar refractivity (Wildman–Crippen MR) is 76.7 cm³/mol. The minimum Gasteiger partial charge on any atom is -0.349 e. The highest BCUT2D eigenvalue weighted by Crippen LogP contribution is 2.23. The maximum atomic E-state index is 11.9. The molecule has 1 aliphatic rings. The molecule has 0 N–H and O–H groups in total. The Morgan fingerprint density at radius 2 is 1.84 bits per heavy atom. The van der Waals surface area contributed by atoms with E-state index >= 15 is 0 Å². The fraction of sp³-hybridized carbons (Fsp3) is 0.353. The fourth-order valence-electron chi connectivity index (χ4n) is 2.95. The molecule has 0 amide bonds. The zero-order valence-corrected chi connectivity index (χ0v) is 11.6. The largest absolute Gasteiger partial charge is 0.349 e. The van der Waals surface area contributed by atoms with Crippen LogP contribution in [-0.4, -0.2) is 10.4 Å². The summed E-state index contributed by atoms with van der Waals surface area (Å²) in [5, 5.41) is 0. The van der Waals surface area contributed by atoms with Crippen molar-refractivity contribution in [2.45, 2.75) is 39.7 Å². The number of hydrogen-bond donors (Lipinski definition) is 0. The molecular weight excluding hydrogens is 234 g/mol. The van der Waals surface area contributed by atoms with Gasteiger partial charge in [0, 0.05) is 30.9 Å². The van der Waals surface area contributed by atoms with Crippen molar-refractivity contribution in [2.75, 3.05) is 0 Å². The van der Waals surface area contributed by atoms with E-state index in [1.54, 1.807) is 0 Å². The van der Waals surface area contributed by atoms with Crippen molar-refractivity contribution in [1.82, 2.24) is 4.57 Å². The van der Waals surface area contributed by atoms with Crippen molar-refractivity contribution >= 4 is 5.78 Å². The molecule has 0 saturated carbocycles. The molecule has 19 heavy (non-hydrogen) atoms. The number of fused-ring (bicyclic) bond motifs is 1. The van der Waals surface area contributed by atoms with E-state index in [1.807, 2.05) is 6.20 Å². The minimum absolute atomic E-state index is 0.307. The highest BCUT2D eigenvalue weighted by Gasteiger charge is 2.19. The monoisotopic (exact) mass is 253 g/mol. The molecule has 2 aromatic rings. The lowest BCUT2D eigenvalue weighted by molar-refractivity contribution is 0.0973. The highest BCUT2D eigenvalue weighted by atomic mass is 16.1. The number of carbonyl (C=O) groups is 1. The van der Waals surface area contributed by atoms with Gasteiger partial charge in [0.1, 0.15) is 0 Å². The van der Waals surface area contributed by atoms with Gasteiger partial charge in [0.15, 0.2) is 5.78 Å². The van der Waals surface area contributed by atoms with Crippen LogP contribution in [0.1, 0.15) is 45.5 Å². The quantitative estimate of drug-likeness (QED) is 0.800. The maximum absolute atomic E-state index is 11.9. The molecule has 0 atom stereocenters. The van der Waals surface area contributed by atoms with Gasteiger partial charge in [-0.15, -0.1) is 0 Å². The lowest BCUT2D eigenvalue weighted by atomic mass is 9.95. The first-order valence-electron chi connectivity index (χ1n) is 6.92. The van der Waals surface area contributed by atoms with Gasteiger partial charge in [0.2, 0.25) is 0 Å². The summed E-state index contributed by atoms with van der Waals surface area (Å²) in [6.07, 6.45) is 6.93. The smallest absolute Gasteiger partial charge is 0.164 e. The van der Waals surface area contributed by atoms with Gasteiger partial charge in [-0.2, -0.15) is 0 Å². The molecule has 0 aliphatic heterocycles. The van der Waals surface area contributed by atoms with Gasteiger partial charge in [-0.05, 0) is 48.9 Å². The van der Waals surface area contributed by atoms with E-state index < -0.39 is 0 Å². The summed E-state index contributed by atoms with van der Waals surface area (Å²) < 4.78 is 2.17. The van der Waals surface area contributed by atoms with Gasteiger partial charge in [0.25, 0.3) is 0 Å². The van der Waals surface area contributed by atoms with Gasteiger partial charge < -0.3 is 4.57 Å². The number of hydrogen-bond acceptors (Lipinski definition) is 1. The van der Waals surface area contributed by atoms with Crippen LogP contribution >= 0.6 is 0 Å². The van der Waals surface area contributed by atoms with E-state index in [9.17, 15) is 4.79 Å². The van der Waals surface area contributed by atoms with E-state index in [4.69, 9.17) is 0 Å². The molecule has 2 nitrogen and oxygen atoms in total. The molecular formula is C17H19NO. The summed E-state index contributed by atoms with van der Waals surface area (Å²) in [6, 6.07) is 6.40. The first-order valence-corrected chi connectivity index (χ1v) is 6.92. The third-order valence-electron chi connectivity index (χ3n) is 4.10. The SMILES string of the molecule is Cc1cccc(C)c1Cn1cc2c(c1)C(=O)CCC2. The Labute approximate surface area is 114 Å². The normalized spacial score (nSPS) is 14.5. The van der Waals surface area contributed by atoms with Crippen LogP contribution in [0.2, 0.25) is 0 Å². The van der Waals surface area contributed by atoms with Crippen LogP contribution in [0.25, 0.3) is 0 Å². The second-order valence-corrected chi connectivity index (χ2v) is 5.52. The third kappa shape index (κ3) is 2.23. The summed E-state index contributed by atoms with van der Waals surface area (Å²) in [6.45, 7) is 5.16. The summed E-state index contributed by atoms with van der Waals surface area (Å²) in [4.78, 5) is 11.9. The average Bonchev–Trinajstić information content (AvgIpc) is 2.78. The van der Waals surface area contributed by atoms with E-state index in [2.05, 4.69) is 42.8 Å². The molecule has 2 heteroatoms. The molecule has 1 aromatic heterocycles. The van der Waals surface area contributed by atoms with E-state index in [1.165, 1.54) is 22.3 Å². The van der Waals surface area contributed by atoms with Crippen LogP contribution in [0.3, 0.4) is 0 Å². The van der Waals surface area contributed by atoms with Gasteiger partial charge in [-0.25, -0.2) is 0 Å². The van der Waals surface area contributed by atoms with Crippen molar-refractivity contribution in [3.8, 4) is 0 Å². The Kier molecular flexibility index (Phi) is 3.02. The number of rotatable bonds is 2. The zero-order valence-electron chi connectivity index (χ0n) is 11.6. The standard InChI is InChI=1S/C17H19NO/c1-12-5-3-6-13(2)15(12)10-18-9-14-7-4-8-17(19)16(14)11-18/h3,5-6,9,11H,4,7-8,10H2,1-2H3. The number of ketones is 1. The molecule has 3 rings (SSSR count). The summed E-state index contributed by atoms with van der Waals surface area (Å²) in [5.41, 5.74) is 6.17. The summed E-state index contributed by atoms with van der Waals surface area (Å²) >= 11 is 0. The maximum Gasteiger partial charge on any atom is 0.164 e. The van der Waals surface area contributed by atoms with Crippen molar-refractivity contribution in [3.63, 3.8) is 0 Å². The minimum atomic E-state index is 0.307. The van der Waals surface area contributed by atoms with Crippen LogP contribution in [0, 0.1) is 13.8 Å². The Bertz CT molecular complexity index is 616. The Morgan fingerprint density at radius 1 is 1.11 bits per heavy atom. The van der Waals surface area contributed by atoms with Gasteiger partial charge >= 0.3 is 0 Å². The van der Waals surface area contributed by atoms with Gasteiger partial charge in [-0.3, -0.25) is 4.79 Å². The third-order valence-corrected chi connectivity index (χ3v) is 4.10. The number of Topliss-reactive ketones (excluding diaryl/α,β-unsaturated/α-hetero) is 1. The van der Waals surface area contributed by atoms with Crippen molar-refractivity contribution in [3.05, 3.63) is 58.4 Å². The molecule has 0 fully saturated rings. The van der Waals surface area contributed by atoms with Crippen LogP contribution in [0.15, 0.2) is 30.6 Å². The number of aryl methyl sites for hydroxylation is 3. The zero-order chi connectivity index (χ0) is 13.4. The average molecular weight is 253 g/mol. The van der Waals surface area contributed by atoms with Crippen molar-refractivity contribution in [1.29, 1.82) is 0 Å². The second-order valence-electron chi connectivity index (χ2n) is 5.52. The molecule has 1 heterocycles. The van der Waals surface area contributed by atoms with E-state index in [0.29, 0.717) is 12.2 Å². The highest BCUT2D eigenvalue weighted by molar-refractivity contribution is 5.98. The fourth-order valence-corrected chi connectivity index (χ4v) is 2.95. The van der Waals surface area contributed by atoms with Crippen molar-refractivity contribution in [2.24, 2.45) is 0 Å². The molecule has 0 bridgehead atoms. The predicted octanol–water partition coefficient (Wildman–Crippen LogP) is 3.67. The Morgan fingerprint density at radius 3 is 2.53 bits per heavy atom. The van der Waals surface area contributed by atoms with Crippen LogP contribution in [-0.2, 0) is 13.0 Å². The topological polar surface area (TPSA) is 22.0 Å². The van der Waals surface area contributed by atoms with Gasteiger partial charge in [0.05, 0.1) is 0 Å². The number of benzene rings is 1.